The largest absolute Gasteiger partial charge is 0.510 e. The lowest BCUT2D eigenvalue weighted by Gasteiger charge is -2.23. The normalized spacial score (nSPS) is 26.1. The predicted octanol–water partition coefficient (Wildman–Crippen LogP) is 3.70. The van der Waals surface area contributed by atoms with Crippen LogP contribution in [0.3, 0.4) is 0 Å². The molecule has 9 nitrogen and oxygen atoms in total. The van der Waals surface area contributed by atoms with Crippen LogP contribution in [0.5, 0.6) is 0 Å². The minimum Gasteiger partial charge on any atom is -0.510 e. The molecule has 1 saturated heterocycles. The number of ether oxygens (including phenoxy) is 1. The number of rotatable bonds is 12. The Labute approximate surface area is 234 Å². The average Bonchev–Trinajstić information content (AvgIpc) is 3.66. The molecule has 1 aliphatic heterocycles. The molecule has 0 radical (unpaired) electrons. The van der Waals surface area contributed by atoms with Gasteiger partial charge in [0, 0.05) is 24.5 Å². The molecule has 0 bridgehead atoms. The zero-order chi connectivity index (χ0) is 29.4. The number of hydrogen-bond acceptors (Lipinski definition) is 7. The smallest absolute Gasteiger partial charge is 0.251 e. The van der Waals surface area contributed by atoms with Crippen LogP contribution in [-0.4, -0.2) is 51.4 Å². The first-order chi connectivity index (χ1) is 18.9. The summed E-state index contributed by atoms with van der Waals surface area (Å²) in [6, 6.07) is 0. The van der Waals surface area contributed by atoms with E-state index >= 15 is 0 Å². The molecule has 3 rings (SSSR count). The fourth-order valence-corrected chi connectivity index (χ4v) is 4.61. The predicted molar refractivity (Wildman–Crippen MR) is 151 cm³/mol. The minimum atomic E-state index is -1.61. The second-order valence-corrected chi connectivity index (χ2v) is 10.4. The lowest BCUT2D eigenvalue weighted by Crippen LogP contribution is -2.42. The van der Waals surface area contributed by atoms with Crippen LogP contribution in [-0.2, 0) is 23.9 Å². The van der Waals surface area contributed by atoms with E-state index in [2.05, 4.69) is 30.6 Å². The van der Waals surface area contributed by atoms with Crippen molar-refractivity contribution in [3.8, 4) is 0 Å². The Morgan fingerprint density at radius 2 is 1.88 bits per heavy atom. The lowest BCUT2D eigenvalue weighted by atomic mass is 9.88. The van der Waals surface area contributed by atoms with Crippen LogP contribution in [0.4, 0.5) is 0 Å². The SMILES string of the molecule is CCCCC(C)C=C(C)C=C(C)C(=O)NC1=C[C@](O)(C=CC=CC=CC(=O)NC2=C(O)CCC2=O)C2OC2C1=O. The van der Waals surface area contributed by atoms with E-state index in [1.54, 1.807) is 19.1 Å². The van der Waals surface area contributed by atoms with Gasteiger partial charge in [-0.3, -0.25) is 19.2 Å². The molecular weight excluding hydrogens is 512 g/mol. The molecule has 1 fully saturated rings. The van der Waals surface area contributed by atoms with E-state index < -0.39 is 35.4 Å². The van der Waals surface area contributed by atoms with Crippen molar-refractivity contribution in [1.82, 2.24) is 10.6 Å². The third kappa shape index (κ3) is 8.09. The Morgan fingerprint density at radius 1 is 1.15 bits per heavy atom. The van der Waals surface area contributed by atoms with Gasteiger partial charge in [0.15, 0.2) is 11.9 Å². The number of aliphatic hydroxyl groups excluding tert-OH is 1. The molecule has 214 valence electrons. The van der Waals surface area contributed by atoms with Crippen molar-refractivity contribution in [1.29, 1.82) is 0 Å². The van der Waals surface area contributed by atoms with Crippen molar-refractivity contribution in [2.45, 2.75) is 77.6 Å². The Bertz CT molecular complexity index is 1260. The monoisotopic (exact) mass is 550 g/mol. The molecule has 2 amide bonds. The third-order valence-corrected chi connectivity index (χ3v) is 6.81. The molecule has 4 atom stereocenters. The van der Waals surface area contributed by atoms with E-state index in [9.17, 15) is 29.4 Å². The van der Waals surface area contributed by atoms with Gasteiger partial charge in [-0.2, -0.15) is 0 Å². The van der Waals surface area contributed by atoms with Crippen molar-refractivity contribution in [2.75, 3.05) is 0 Å². The van der Waals surface area contributed by atoms with Gasteiger partial charge in [-0.05, 0) is 38.3 Å². The van der Waals surface area contributed by atoms with Crippen LogP contribution in [0.1, 0.15) is 59.8 Å². The summed E-state index contributed by atoms with van der Waals surface area (Å²) in [4.78, 5) is 49.0. The molecule has 3 unspecified atom stereocenters. The molecule has 9 heteroatoms. The summed E-state index contributed by atoms with van der Waals surface area (Å²) in [5, 5.41) is 25.7. The highest BCUT2D eigenvalue weighted by Gasteiger charge is 2.59. The van der Waals surface area contributed by atoms with Gasteiger partial charge >= 0.3 is 0 Å². The van der Waals surface area contributed by atoms with Crippen LogP contribution in [0.25, 0.3) is 0 Å². The quantitative estimate of drug-likeness (QED) is 0.165. The molecule has 0 saturated carbocycles. The summed E-state index contributed by atoms with van der Waals surface area (Å²) in [6.07, 6.45) is 16.0. The van der Waals surface area contributed by atoms with Crippen molar-refractivity contribution in [3.63, 3.8) is 0 Å². The standard InChI is InChI=1S/C31H38N2O7/c1-5-6-11-19(2)16-20(3)17-21(4)30(38)32-22-18-31(39,29-28(40-29)27(22)37)15-10-8-7-9-12-25(36)33-26-23(34)13-14-24(26)35/h7-10,12,15-19,28-29,34,39H,5-6,11,13-14H2,1-4H3,(H,32,38)(H,33,36)/t19?,28?,29?,31-/m1/s1. The van der Waals surface area contributed by atoms with Crippen LogP contribution < -0.4 is 10.6 Å². The molecule has 0 aromatic carbocycles. The Balaban J connectivity index is 1.60. The summed E-state index contributed by atoms with van der Waals surface area (Å²) in [5.74, 6) is -1.43. The zero-order valence-corrected chi connectivity index (χ0v) is 23.4. The van der Waals surface area contributed by atoms with Crippen molar-refractivity contribution >= 4 is 23.4 Å². The van der Waals surface area contributed by atoms with Gasteiger partial charge in [0.1, 0.15) is 23.2 Å². The number of epoxide rings is 1. The summed E-state index contributed by atoms with van der Waals surface area (Å²) in [6.45, 7) is 7.90. The second kappa shape index (κ2) is 13.5. The van der Waals surface area contributed by atoms with E-state index in [0.29, 0.717) is 11.5 Å². The van der Waals surface area contributed by atoms with Crippen LogP contribution in [0.2, 0.25) is 0 Å². The third-order valence-electron chi connectivity index (χ3n) is 6.81. The Kier molecular flexibility index (Phi) is 10.4. The van der Waals surface area contributed by atoms with Gasteiger partial charge in [-0.15, -0.1) is 0 Å². The van der Waals surface area contributed by atoms with Crippen molar-refractivity contribution in [2.24, 2.45) is 5.92 Å². The van der Waals surface area contributed by atoms with Crippen molar-refractivity contribution < 1.29 is 34.1 Å². The van der Waals surface area contributed by atoms with Crippen LogP contribution in [0.15, 0.2) is 83.0 Å². The van der Waals surface area contributed by atoms with E-state index in [1.165, 1.54) is 36.5 Å². The summed E-state index contributed by atoms with van der Waals surface area (Å²) in [7, 11) is 0. The number of amides is 2. The maximum atomic E-state index is 12.8. The van der Waals surface area contributed by atoms with E-state index in [-0.39, 0.29) is 35.8 Å². The maximum Gasteiger partial charge on any atom is 0.251 e. The molecule has 0 aromatic heterocycles. The molecule has 1 heterocycles. The van der Waals surface area contributed by atoms with Crippen LogP contribution >= 0.6 is 0 Å². The molecule has 0 spiro atoms. The number of carbonyl (C=O) groups excluding carboxylic acids is 4. The van der Waals surface area contributed by atoms with E-state index in [1.807, 2.05) is 6.92 Å². The number of carbonyl (C=O) groups is 4. The van der Waals surface area contributed by atoms with Gasteiger partial charge < -0.3 is 25.6 Å². The number of ketones is 2. The topological polar surface area (TPSA) is 145 Å². The fraction of sp³-hybridized carbons (Fsp3) is 0.419. The molecule has 4 N–H and O–H groups in total. The molecule has 2 aliphatic carbocycles. The minimum absolute atomic E-state index is 0.0267. The first-order valence-electron chi connectivity index (χ1n) is 13.6. The number of nitrogens with one attached hydrogen (secondary N) is 2. The van der Waals surface area contributed by atoms with Gasteiger partial charge in [0.25, 0.3) is 5.91 Å². The second-order valence-electron chi connectivity index (χ2n) is 10.4. The van der Waals surface area contributed by atoms with Gasteiger partial charge in [0.2, 0.25) is 11.7 Å². The number of hydrogen-bond donors (Lipinski definition) is 4. The van der Waals surface area contributed by atoms with Gasteiger partial charge in [-0.1, -0.05) is 68.7 Å². The molecule has 40 heavy (non-hydrogen) atoms. The highest BCUT2D eigenvalue weighted by atomic mass is 16.6. The Morgan fingerprint density at radius 3 is 2.55 bits per heavy atom. The number of fused-ring (bicyclic) bond motifs is 1. The number of Topliss-reactive ketones (excluding diaryl/α,β-unsaturated/α-hetero) is 2. The maximum absolute atomic E-state index is 12.8. The summed E-state index contributed by atoms with van der Waals surface area (Å²) < 4.78 is 5.39. The van der Waals surface area contributed by atoms with Crippen molar-refractivity contribution in [3.05, 3.63) is 83.0 Å². The summed E-state index contributed by atoms with van der Waals surface area (Å²) in [5.41, 5.74) is -0.310. The highest BCUT2D eigenvalue weighted by molar-refractivity contribution is 6.07. The van der Waals surface area contributed by atoms with Gasteiger partial charge in [-0.25, -0.2) is 0 Å². The van der Waals surface area contributed by atoms with E-state index in [4.69, 9.17) is 4.74 Å². The fourth-order valence-electron chi connectivity index (χ4n) is 4.61. The van der Waals surface area contributed by atoms with E-state index in [0.717, 1.165) is 24.8 Å². The summed E-state index contributed by atoms with van der Waals surface area (Å²) >= 11 is 0. The molecule has 3 aliphatic rings. The number of allylic oxidation sites excluding steroid dienone is 9. The first kappa shape index (κ1) is 30.7. The molecular formula is C31H38N2O7. The first-order valence-corrected chi connectivity index (χ1v) is 13.6. The molecule has 0 aromatic rings. The van der Waals surface area contributed by atoms with Crippen LogP contribution in [0, 0.1) is 5.92 Å². The number of unbranched alkanes of at least 4 members (excludes halogenated alkanes) is 1. The van der Waals surface area contributed by atoms with Gasteiger partial charge in [0.05, 0.1) is 5.70 Å². The Hall–Kier alpha value is -3.82. The highest BCUT2D eigenvalue weighted by Crippen LogP contribution is 2.40. The average molecular weight is 551 g/mol. The zero-order valence-electron chi connectivity index (χ0n) is 23.4. The number of aliphatic hydroxyl groups is 2. The lowest BCUT2D eigenvalue weighted by molar-refractivity contribution is -0.121.